The number of carboxylic acid groups (broad SMARTS) is 3. The van der Waals surface area contributed by atoms with E-state index in [0.717, 1.165) is 49.7 Å². The number of pyridine rings is 1. The van der Waals surface area contributed by atoms with E-state index in [4.69, 9.17) is 33.2 Å². The van der Waals surface area contributed by atoms with Crippen LogP contribution in [0, 0.1) is 0 Å². The predicted octanol–water partition coefficient (Wildman–Crippen LogP) is 23.8. The Morgan fingerprint density at radius 2 is 0.600 bits per heavy atom. The number of carbonyl (C=O) groups is 12. The molecule has 6 amide bonds. The van der Waals surface area contributed by atoms with Gasteiger partial charge in [0.2, 0.25) is 17.7 Å². The van der Waals surface area contributed by atoms with Crippen LogP contribution in [0.15, 0.2) is 285 Å². The topological polar surface area (TPSA) is 389 Å². The molecule has 12 rings (SSSR count). The van der Waals surface area contributed by atoms with Crippen LogP contribution in [0.25, 0.3) is 0 Å². The van der Waals surface area contributed by atoms with Crippen molar-refractivity contribution >= 4 is 88.3 Å². The summed E-state index contributed by atoms with van der Waals surface area (Å²) < 4.78 is 38.9. The standard InChI is InChI=1S/C42H48N2O7.C41H46N2O7.C38H41N3O8/c1-5-6-7-8-9-26-50-36-24-16-33(17-25-36)41(49)51-37-22-12-31(13-23-37)28-44(29-39(46)47)40(48)32-14-20-35(21-15-32)43-38(45)27-30-10-18-34(19-11-30)42(2,3)4;1-4-5-6-7-8-25-49-36-23-17-34(18-24-36)41(48)50-37-21-11-31(12-22-37)27-43(28-39(45)46)40(47)33-15-19-35(20-16-33)42-38(44)26-30-9-13-32(14-10-30)29(2)3;1-3-4-5-6-7-8-24-48-31-22-16-29(17-23-31)38(46)49-32-20-12-27(13-21-32)25-41(26-35(42)43)37(45)28-14-18-30(19-15-28)39-36(44)33-10-9-11-34(40-33)47-2/h10-25H,5-9,26-29H2,1-4H3,(H,43,45)(H,46,47);9-24,29H,4-8,25-28H2,1-3H3,(H,42,44)(H,45,46);9-23H,3-8,24-26H2,1-2H3,(H,39,44)(H,42,43). The normalized spacial score (nSPS) is 10.8. The molecule has 0 aliphatic rings. The SMILES string of the molecule is CCCCCCCCOc1ccc(C(=O)Oc2ccc(CN(CC(=O)O)C(=O)c3ccc(NC(=O)c4cccc(OC)n4)cc3)cc2)cc1.CCCCCCCOc1ccc(C(=O)Oc2ccc(CN(CC(=O)O)C(=O)c3ccc(NC(=O)Cc4ccc(C(C)(C)C)cc4)cc3)cc2)cc1.CCCCCCCOc1ccc(C(=O)Oc2ccc(CN(CC(=O)O)C(=O)c3ccc(NC(=O)Cc4ccc(C(C)C)cc4)cc3)cc2)cc1. The summed E-state index contributed by atoms with van der Waals surface area (Å²) in [6, 6.07) is 79.5. The fraction of sp³-hybridized carbons (Fsp3) is 0.314. The molecular weight excluding hydrogens is 1900 g/mol. The number of hydrogen-bond acceptors (Lipinski definition) is 20. The first-order chi connectivity index (χ1) is 72.3. The van der Waals surface area contributed by atoms with Crippen LogP contribution < -0.4 is 49.1 Å². The molecule has 0 aliphatic heterocycles. The Hall–Kier alpha value is -16.6. The number of carbonyl (C=O) groups excluding carboxylic acids is 9. The van der Waals surface area contributed by atoms with Gasteiger partial charge in [0, 0.05) is 59.5 Å². The summed E-state index contributed by atoms with van der Waals surface area (Å²) in [6.07, 6.45) is 19.0. The highest BCUT2D eigenvalue weighted by Crippen LogP contribution is 2.29. The summed E-state index contributed by atoms with van der Waals surface area (Å²) >= 11 is 0. The average molecular weight is 2040 g/mol. The van der Waals surface area contributed by atoms with Gasteiger partial charge in [-0.2, -0.15) is 0 Å². The lowest BCUT2D eigenvalue weighted by Crippen LogP contribution is -2.35. The molecule has 6 N–H and O–H groups in total. The molecule has 0 fully saturated rings. The minimum atomic E-state index is -1.17. The van der Waals surface area contributed by atoms with Gasteiger partial charge in [-0.05, 0) is 258 Å². The molecule has 29 nitrogen and oxygen atoms in total. The molecule has 0 radical (unpaired) electrons. The molecule has 786 valence electrons. The van der Waals surface area contributed by atoms with Crippen LogP contribution >= 0.6 is 0 Å². The molecule has 11 aromatic carbocycles. The Bertz CT molecular complexity index is 6360. The van der Waals surface area contributed by atoms with Gasteiger partial charge in [0.15, 0.2) is 0 Å². The predicted molar refractivity (Wildman–Crippen MR) is 576 cm³/mol. The number of esters is 3. The fourth-order valence-corrected chi connectivity index (χ4v) is 15.6. The van der Waals surface area contributed by atoms with Crippen molar-refractivity contribution in [3.63, 3.8) is 0 Å². The van der Waals surface area contributed by atoms with Crippen LogP contribution in [0.5, 0.6) is 40.4 Å². The van der Waals surface area contributed by atoms with Crippen molar-refractivity contribution in [3.05, 3.63) is 363 Å². The number of nitrogens with one attached hydrogen (secondary N) is 3. The number of ether oxygens (including phenoxy) is 7. The Labute approximate surface area is 877 Å². The smallest absolute Gasteiger partial charge is 0.343 e. The molecule has 0 atom stereocenters. The monoisotopic (exact) mass is 2040 g/mol. The molecule has 0 spiro atoms. The summed E-state index contributed by atoms with van der Waals surface area (Å²) in [6.45, 7) is 17.6. The molecule has 1 aromatic heterocycles. The minimum absolute atomic E-state index is 0.000438. The number of benzene rings is 11. The van der Waals surface area contributed by atoms with Crippen LogP contribution in [-0.4, -0.2) is 153 Å². The first-order valence-corrected chi connectivity index (χ1v) is 50.8. The lowest BCUT2D eigenvalue weighted by atomic mass is 9.86. The largest absolute Gasteiger partial charge is 0.494 e. The van der Waals surface area contributed by atoms with Crippen molar-refractivity contribution in [2.24, 2.45) is 0 Å². The second-order valence-electron chi connectivity index (χ2n) is 37.5. The molecule has 0 unspecified atom stereocenters. The zero-order valence-electron chi connectivity index (χ0n) is 86.7. The van der Waals surface area contributed by atoms with Crippen molar-refractivity contribution < 1.29 is 106 Å². The summed E-state index contributed by atoms with van der Waals surface area (Å²) in [5, 5.41) is 36.9. The number of carboxylic acids is 3. The number of anilines is 3. The maximum absolute atomic E-state index is 13.4. The van der Waals surface area contributed by atoms with Crippen LogP contribution in [0.4, 0.5) is 17.1 Å². The highest BCUT2D eigenvalue weighted by Gasteiger charge is 2.26. The van der Waals surface area contributed by atoms with Gasteiger partial charge >= 0.3 is 35.8 Å². The third-order valence-corrected chi connectivity index (χ3v) is 24.0. The van der Waals surface area contributed by atoms with E-state index in [2.05, 4.69) is 76.3 Å². The molecule has 0 bridgehead atoms. The number of nitrogens with zero attached hydrogens (tertiary/aromatic N) is 4. The van der Waals surface area contributed by atoms with Gasteiger partial charge in [0.25, 0.3) is 23.6 Å². The van der Waals surface area contributed by atoms with Gasteiger partial charge in [-0.25, -0.2) is 19.4 Å². The van der Waals surface area contributed by atoms with Crippen molar-refractivity contribution in [1.82, 2.24) is 19.7 Å². The Morgan fingerprint density at radius 3 is 0.893 bits per heavy atom. The maximum Gasteiger partial charge on any atom is 0.343 e. The molecule has 12 aromatic rings. The van der Waals surface area contributed by atoms with Gasteiger partial charge in [0.1, 0.15) is 59.8 Å². The van der Waals surface area contributed by atoms with Crippen LogP contribution in [0.3, 0.4) is 0 Å². The highest BCUT2D eigenvalue weighted by atomic mass is 16.5. The van der Waals surface area contributed by atoms with Gasteiger partial charge in [-0.3, -0.25) is 43.2 Å². The van der Waals surface area contributed by atoms with Crippen molar-refractivity contribution in [1.29, 1.82) is 0 Å². The fourth-order valence-electron chi connectivity index (χ4n) is 15.6. The van der Waals surface area contributed by atoms with E-state index in [1.165, 1.54) is 109 Å². The first kappa shape index (κ1) is 115. The lowest BCUT2D eigenvalue weighted by molar-refractivity contribution is -0.138. The molecule has 0 saturated carbocycles. The second-order valence-corrected chi connectivity index (χ2v) is 37.5. The van der Waals surface area contributed by atoms with Crippen LogP contribution in [0.1, 0.15) is 276 Å². The van der Waals surface area contributed by atoms with Crippen LogP contribution in [-0.2, 0) is 61.9 Å². The maximum atomic E-state index is 13.4. The highest BCUT2D eigenvalue weighted by molar-refractivity contribution is 6.04. The van der Waals surface area contributed by atoms with Crippen LogP contribution in [0.2, 0.25) is 0 Å². The first-order valence-electron chi connectivity index (χ1n) is 50.8. The minimum Gasteiger partial charge on any atom is -0.494 e. The second kappa shape index (κ2) is 60.5. The van der Waals surface area contributed by atoms with Gasteiger partial charge < -0.3 is 79.1 Å². The lowest BCUT2D eigenvalue weighted by Gasteiger charge is -2.21. The zero-order chi connectivity index (χ0) is 108. The Balaban J connectivity index is 0.000000230. The number of rotatable bonds is 53. The molecular formula is C121H135N7O22. The number of methoxy groups -OCH3 is 1. The van der Waals surface area contributed by atoms with E-state index in [1.54, 1.807) is 224 Å². The summed E-state index contributed by atoms with van der Waals surface area (Å²) in [5.41, 5.74) is 9.71. The zero-order valence-corrected chi connectivity index (χ0v) is 86.7. The third-order valence-electron chi connectivity index (χ3n) is 24.0. The summed E-state index contributed by atoms with van der Waals surface area (Å²) in [5.74, 6) is -3.63. The number of amides is 6. The van der Waals surface area contributed by atoms with Crippen molar-refractivity contribution in [3.8, 4) is 40.4 Å². The number of hydrogen-bond donors (Lipinski definition) is 6. The number of aromatic nitrogens is 1. The summed E-state index contributed by atoms with van der Waals surface area (Å²) in [4.78, 5) is 159. The van der Waals surface area contributed by atoms with E-state index >= 15 is 0 Å². The number of aliphatic carboxylic acids is 3. The molecule has 29 heteroatoms. The average Bonchev–Trinajstić information content (AvgIpc) is 0.838. The van der Waals surface area contributed by atoms with Crippen molar-refractivity contribution in [2.45, 2.75) is 202 Å². The van der Waals surface area contributed by atoms with E-state index in [0.29, 0.717) is 117 Å². The van der Waals surface area contributed by atoms with E-state index < -0.39 is 79.1 Å². The quantitative estimate of drug-likeness (QED) is 0.0117. The van der Waals surface area contributed by atoms with Crippen molar-refractivity contribution in [2.75, 3.05) is 62.5 Å². The molecule has 0 aliphatic carbocycles. The van der Waals surface area contributed by atoms with Gasteiger partial charge in [0.05, 0.1) is 56.5 Å². The Morgan fingerprint density at radius 1 is 0.320 bits per heavy atom. The molecule has 1 heterocycles. The van der Waals surface area contributed by atoms with Gasteiger partial charge in [-0.1, -0.05) is 230 Å². The van der Waals surface area contributed by atoms with E-state index in [1.807, 2.05) is 48.5 Å². The molecule has 0 saturated heterocycles. The Kier molecular flexibility index (Phi) is 46.5. The molecule has 150 heavy (non-hydrogen) atoms. The number of unbranched alkanes of at least 4 members (excludes halogenated alkanes) is 13. The van der Waals surface area contributed by atoms with E-state index in [-0.39, 0.29) is 72.1 Å². The van der Waals surface area contributed by atoms with Gasteiger partial charge in [-0.15, -0.1) is 0 Å². The van der Waals surface area contributed by atoms with E-state index in [9.17, 15) is 72.9 Å². The third kappa shape index (κ3) is 40.0. The summed E-state index contributed by atoms with van der Waals surface area (Å²) in [7, 11) is 1.45.